The molecule has 0 aliphatic carbocycles. The highest BCUT2D eigenvalue weighted by molar-refractivity contribution is 7.14. The minimum Gasteiger partial charge on any atom is -0.452 e. The van der Waals surface area contributed by atoms with Crippen LogP contribution >= 0.6 is 11.3 Å². The highest BCUT2D eigenvalue weighted by atomic mass is 32.1. The number of nitriles is 1. The summed E-state index contributed by atoms with van der Waals surface area (Å²) in [4.78, 5) is 36.9. The molecule has 0 unspecified atom stereocenters. The monoisotopic (exact) mass is 416 g/mol. The molecule has 1 aliphatic rings. The van der Waals surface area contributed by atoms with Gasteiger partial charge in [0.25, 0.3) is 11.6 Å². The Labute approximate surface area is 169 Å². The van der Waals surface area contributed by atoms with Crippen molar-refractivity contribution in [3.05, 3.63) is 50.9 Å². The Balaban J connectivity index is 1.66. The summed E-state index contributed by atoms with van der Waals surface area (Å²) in [5.41, 5.74) is 0.455. The first kappa shape index (κ1) is 20.2. The Kier molecular flexibility index (Phi) is 6.38. The molecular weight excluding hydrogens is 400 g/mol. The van der Waals surface area contributed by atoms with Crippen LogP contribution in [0.4, 0.5) is 16.4 Å². The van der Waals surface area contributed by atoms with Gasteiger partial charge in [0.2, 0.25) is 0 Å². The number of benzene rings is 1. The van der Waals surface area contributed by atoms with Gasteiger partial charge in [-0.3, -0.25) is 14.9 Å². The van der Waals surface area contributed by atoms with E-state index in [1.54, 1.807) is 11.4 Å². The molecule has 1 amide bonds. The summed E-state index contributed by atoms with van der Waals surface area (Å²) in [5.74, 6) is -1.47. The maximum absolute atomic E-state index is 12.2. The van der Waals surface area contributed by atoms with Crippen molar-refractivity contribution in [1.29, 1.82) is 5.26 Å². The van der Waals surface area contributed by atoms with Crippen LogP contribution in [0.3, 0.4) is 0 Å². The van der Waals surface area contributed by atoms with Crippen LogP contribution in [0.5, 0.6) is 0 Å². The smallest absolute Gasteiger partial charge is 0.338 e. The van der Waals surface area contributed by atoms with Crippen LogP contribution in [0, 0.1) is 21.4 Å². The molecule has 0 radical (unpaired) electrons. The van der Waals surface area contributed by atoms with Crippen LogP contribution in [0.15, 0.2) is 29.6 Å². The second-order valence-corrected chi connectivity index (χ2v) is 6.88. The van der Waals surface area contributed by atoms with E-state index < -0.39 is 23.4 Å². The number of ether oxygens (including phenoxy) is 2. The van der Waals surface area contributed by atoms with E-state index in [-0.39, 0.29) is 11.3 Å². The average Bonchev–Trinajstić information content (AvgIpc) is 3.19. The molecule has 1 fully saturated rings. The Morgan fingerprint density at radius 1 is 1.34 bits per heavy atom. The molecule has 0 spiro atoms. The van der Waals surface area contributed by atoms with Gasteiger partial charge in [-0.25, -0.2) is 4.79 Å². The highest BCUT2D eigenvalue weighted by Gasteiger charge is 2.24. The van der Waals surface area contributed by atoms with Gasteiger partial charge in [-0.1, -0.05) is 0 Å². The van der Waals surface area contributed by atoms with Crippen LogP contribution < -0.4 is 10.2 Å². The molecule has 0 saturated carbocycles. The number of nitrogens with one attached hydrogen (secondary N) is 1. The van der Waals surface area contributed by atoms with Crippen molar-refractivity contribution in [1.82, 2.24) is 0 Å². The van der Waals surface area contributed by atoms with E-state index >= 15 is 0 Å². The average molecular weight is 416 g/mol. The molecule has 11 heteroatoms. The molecule has 3 rings (SSSR count). The summed E-state index contributed by atoms with van der Waals surface area (Å²) >= 11 is 1.17. The fraction of sp³-hybridized carbons (Fsp3) is 0.278. The molecule has 2 heterocycles. The molecule has 2 aromatic rings. The molecule has 1 saturated heterocycles. The predicted octanol–water partition coefficient (Wildman–Crippen LogP) is 2.16. The standard InChI is InChI=1S/C18H16N4O6S/c19-10-13-3-8-29-17(13)20-16(23)11-28-18(24)12-1-2-14(15(9-12)22(25)26)21-4-6-27-7-5-21/h1-3,8-9H,4-7,11H2,(H,20,23). The molecule has 1 N–H and O–H groups in total. The number of nitro benzene ring substituents is 1. The first-order chi connectivity index (χ1) is 14.0. The van der Waals surface area contributed by atoms with Crippen LogP contribution in [0.1, 0.15) is 15.9 Å². The van der Waals surface area contributed by atoms with Gasteiger partial charge in [-0.2, -0.15) is 5.26 Å². The maximum Gasteiger partial charge on any atom is 0.338 e. The SMILES string of the molecule is N#Cc1ccsc1NC(=O)COC(=O)c1ccc(N2CCOCC2)c([N+](=O)[O-])c1. The van der Waals surface area contributed by atoms with Gasteiger partial charge in [0.15, 0.2) is 6.61 Å². The van der Waals surface area contributed by atoms with Crippen molar-refractivity contribution in [3.63, 3.8) is 0 Å². The summed E-state index contributed by atoms with van der Waals surface area (Å²) in [6, 6.07) is 7.54. The number of rotatable bonds is 6. The maximum atomic E-state index is 12.2. The number of amides is 1. The third-order valence-corrected chi connectivity index (χ3v) is 4.96. The quantitative estimate of drug-likeness (QED) is 0.430. The summed E-state index contributed by atoms with van der Waals surface area (Å²) in [6.07, 6.45) is 0. The number of nitro groups is 1. The number of esters is 1. The van der Waals surface area contributed by atoms with Crippen LogP contribution in [0.2, 0.25) is 0 Å². The number of morpholine rings is 1. The van der Waals surface area contributed by atoms with E-state index in [0.29, 0.717) is 42.6 Å². The lowest BCUT2D eigenvalue weighted by Gasteiger charge is -2.28. The largest absolute Gasteiger partial charge is 0.452 e. The number of carbonyl (C=O) groups is 2. The zero-order valence-corrected chi connectivity index (χ0v) is 15.9. The molecule has 1 aromatic heterocycles. The van der Waals surface area contributed by atoms with Crippen molar-refractivity contribution in [2.24, 2.45) is 0 Å². The van der Waals surface area contributed by atoms with Crippen LogP contribution in [0.25, 0.3) is 0 Å². The van der Waals surface area contributed by atoms with Crippen molar-refractivity contribution in [2.45, 2.75) is 0 Å². The number of hydrogen-bond donors (Lipinski definition) is 1. The first-order valence-corrected chi connectivity index (χ1v) is 9.43. The molecule has 150 valence electrons. The van der Waals surface area contributed by atoms with E-state index in [4.69, 9.17) is 14.7 Å². The topological polar surface area (TPSA) is 135 Å². The second kappa shape index (κ2) is 9.13. The minimum atomic E-state index is -0.858. The molecule has 1 aromatic carbocycles. The fourth-order valence-corrected chi connectivity index (χ4v) is 3.49. The zero-order chi connectivity index (χ0) is 20.8. The summed E-state index contributed by atoms with van der Waals surface area (Å²) < 4.78 is 10.2. The minimum absolute atomic E-state index is 0.0321. The Hall–Kier alpha value is -3.49. The Morgan fingerprint density at radius 2 is 2.10 bits per heavy atom. The van der Waals surface area contributed by atoms with Crippen molar-refractivity contribution >= 4 is 39.6 Å². The van der Waals surface area contributed by atoms with Crippen LogP contribution in [-0.4, -0.2) is 49.7 Å². The van der Waals surface area contributed by atoms with Crippen molar-refractivity contribution in [3.8, 4) is 6.07 Å². The van der Waals surface area contributed by atoms with E-state index in [9.17, 15) is 19.7 Å². The Bertz CT molecular complexity index is 977. The first-order valence-electron chi connectivity index (χ1n) is 8.55. The van der Waals surface area contributed by atoms with Gasteiger partial charge in [-0.05, 0) is 23.6 Å². The molecular formula is C18H16N4O6S. The fourth-order valence-electron chi connectivity index (χ4n) is 2.74. The highest BCUT2D eigenvalue weighted by Crippen LogP contribution is 2.30. The summed E-state index contributed by atoms with van der Waals surface area (Å²) in [5, 5.41) is 24.9. The second-order valence-electron chi connectivity index (χ2n) is 5.96. The molecule has 0 atom stereocenters. The molecule has 1 aliphatic heterocycles. The third-order valence-electron chi connectivity index (χ3n) is 4.13. The molecule has 10 nitrogen and oxygen atoms in total. The number of hydrogen-bond acceptors (Lipinski definition) is 9. The van der Waals surface area contributed by atoms with E-state index in [0.717, 1.165) is 6.07 Å². The molecule has 0 bridgehead atoms. The van der Waals surface area contributed by atoms with E-state index in [1.807, 2.05) is 11.0 Å². The van der Waals surface area contributed by atoms with Gasteiger partial charge in [0, 0.05) is 19.2 Å². The molecule has 29 heavy (non-hydrogen) atoms. The number of thiophene rings is 1. The Morgan fingerprint density at radius 3 is 2.79 bits per heavy atom. The van der Waals surface area contributed by atoms with Crippen molar-refractivity contribution < 1.29 is 24.0 Å². The zero-order valence-electron chi connectivity index (χ0n) is 15.1. The van der Waals surface area contributed by atoms with Gasteiger partial charge < -0.3 is 19.7 Å². The normalized spacial score (nSPS) is 13.4. The summed E-state index contributed by atoms with van der Waals surface area (Å²) in [6.45, 7) is 1.37. The number of anilines is 2. The van der Waals surface area contributed by atoms with Gasteiger partial charge in [0.05, 0.1) is 29.3 Å². The lowest BCUT2D eigenvalue weighted by Crippen LogP contribution is -2.36. The lowest BCUT2D eigenvalue weighted by molar-refractivity contribution is -0.384. The lowest BCUT2D eigenvalue weighted by atomic mass is 10.1. The van der Waals surface area contributed by atoms with Gasteiger partial charge in [-0.15, -0.1) is 11.3 Å². The number of nitrogens with zero attached hydrogens (tertiary/aromatic N) is 3. The van der Waals surface area contributed by atoms with Gasteiger partial charge >= 0.3 is 5.97 Å². The third kappa shape index (κ3) is 4.87. The number of carbonyl (C=O) groups excluding carboxylic acids is 2. The summed E-state index contributed by atoms with van der Waals surface area (Å²) in [7, 11) is 0. The van der Waals surface area contributed by atoms with Crippen LogP contribution in [-0.2, 0) is 14.3 Å². The van der Waals surface area contributed by atoms with Crippen molar-refractivity contribution in [2.75, 3.05) is 43.1 Å². The van der Waals surface area contributed by atoms with E-state index in [2.05, 4.69) is 5.32 Å². The predicted molar refractivity (Wildman–Crippen MR) is 104 cm³/mol. The van der Waals surface area contributed by atoms with E-state index in [1.165, 1.54) is 23.5 Å². The van der Waals surface area contributed by atoms with Gasteiger partial charge in [0.1, 0.15) is 16.8 Å².